The second-order valence-electron chi connectivity index (χ2n) is 4.90. The summed E-state index contributed by atoms with van der Waals surface area (Å²) < 4.78 is 27.2. The Morgan fingerprint density at radius 2 is 2.05 bits per heavy atom. The minimum atomic E-state index is -0.456. The van der Waals surface area contributed by atoms with Crippen LogP contribution >= 0.6 is 0 Å². The third-order valence-electron chi connectivity index (χ3n) is 3.51. The van der Waals surface area contributed by atoms with Gasteiger partial charge in [-0.1, -0.05) is 0 Å². The Morgan fingerprint density at radius 1 is 1.24 bits per heavy atom. The molecule has 1 aromatic rings. The lowest BCUT2D eigenvalue weighted by molar-refractivity contribution is 0.0582. The molecule has 3 rings (SSSR count). The summed E-state index contributed by atoms with van der Waals surface area (Å²) in [6.07, 6.45) is 2.18. The number of fused-ring (bicyclic) bond motifs is 1. The molecule has 2 heterocycles. The molecule has 2 aliphatic heterocycles. The van der Waals surface area contributed by atoms with Crippen LogP contribution in [0.15, 0.2) is 12.1 Å². The lowest BCUT2D eigenvalue weighted by atomic mass is 10.1. The van der Waals surface area contributed by atoms with E-state index in [4.69, 9.17) is 23.7 Å². The smallest absolute Gasteiger partial charge is 0.341 e. The van der Waals surface area contributed by atoms with Gasteiger partial charge in [0.15, 0.2) is 11.5 Å². The van der Waals surface area contributed by atoms with Gasteiger partial charge >= 0.3 is 5.97 Å². The molecule has 0 aliphatic carbocycles. The van der Waals surface area contributed by atoms with Crippen LogP contribution in [0, 0.1) is 0 Å². The van der Waals surface area contributed by atoms with E-state index in [-0.39, 0.29) is 6.10 Å². The largest absolute Gasteiger partial charge is 0.487 e. The molecule has 0 spiro atoms. The van der Waals surface area contributed by atoms with Crippen LogP contribution in [-0.2, 0) is 9.47 Å². The van der Waals surface area contributed by atoms with Gasteiger partial charge in [0.05, 0.1) is 13.2 Å². The summed E-state index contributed by atoms with van der Waals surface area (Å²) in [6.45, 7) is 2.07. The fourth-order valence-corrected chi connectivity index (χ4v) is 2.45. The van der Waals surface area contributed by atoms with Crippen molar-refractivity contribution in [3.8, 4) is 17.2 Å². The van der Waals surface area contributed by atoms with Crippen LogP contribution in [0.4, 0.5) is 0 Å². The molecule has 0 aromatic heterocycles. The molecule has 0 radical (unpaired) electrons. The first-order chi connectivity index (χ1) is 10.3. The first kappa shape index (κ1) is 14.0. The molecular weight excluding hydrogens is 276 g/mol. The summed E-state index contributed by atoms with van der Waals surface area (Å²) in [5.74, 6) is 0.954. The Balaban J connectivity index is 1.82. The molecule has 6 nitrogen and oxygen atoms in total. The Labute approximate surface area is 122 Å². The molecule has 2 aliphatic rings. The maximum Gasteiger partial charge on any atom is 0.341 e. The highest BCUT2D eigenvalue weighted by Gasteiger charge is 2.26. The minimum Gasteiger partial charge on any atom is -0.487 e. The SMILES string of the molecule is COC(=O)c1ccc(OCC2CCCO2)c2c1OCCO2. The Morgan fingerprint density at radius 3 is 2.76 bits per heavy atom. The summed E-state index contributed by atoms with van der Waals surface area (Å²) in [6, 6.07) is 3.33. The van der Waals surface area contributed by atoms with Crippen molar-refractivity contribution in [3.05, 3.63) is 17.7 Å². The number of methoxy groups -OCH3 is 1. The van der Waals surface area contributed by atoms with Gasteiger partial charge in [0.2, 0.25) is 5.75 Å². The molecule has 0 bridgehead atoms. The van der Waals surface area contributed by atoms with Gasteiger partial charge in [-0.2, -0.15) is 0 Å². The summed E-state index contributed by atoms with van der Waals surface area (Å²) in [4.78, 5) is 11.7. The maximum atomic E-state index is 11.7. The van der Waals surface area contributed by atoms with Crippen molar-refractivity contribution in [2.75, 3.05) is 33.5 Å². The van der Waals surface area contributed by atoms with Crippen LogP contribution < -0.4 is 14.2 Å². The minimum absolute atomic E-state index is 0.116. The molecule has 1 aromatic carbocycles. The zero-order valence-corrected chi connectivity index (χ0v) is 11.9. The maximum absolute atomic E-state index is 11.7. The average molecular weight is 294 g/mol. The van der Waals surface area contributed by atoms with E-state index in [1.807, 2.05) is 0 Å². The van der Waals surface area contributed by atoms with Gasteiger partial charge in [0, 0.05) is 6.61 Å². The predicted octanol–water partition coefficient (Wildman–Crippen LogP) is 1.80. The van der Waals surface area contributed by atoms with E-state index >= 15 is 0 Å². The van der Waals surface area contributed by atoms with Crippen molar-refractivity contribution < 1.29 is 28.5 Å². The fraction of sp³-hybridized carbons (Fsp3) is 0.533. The van der Waals surface area contributed by atoms with Crippen LogP contribution in [0.2, 0.25) is 0 Å². The van der Waals surface area contributed by atoms with E-state index in [1.54, 1.807) is 12.1 Å². The van der Waals surface area contributed by atoms with E-state index in [0.717, 1.165) is 19.4 Å². The molecule has 21 heavy (non-hydrogen) atoms. The molecule has 114 valence electrons. The fourth-order valence-electron chi connectivity index (χ4n) is 2.45. The summed E-state index contributed by atoms with van der Waals surface area (Å²) in [7, 11) is 1.33. The quantitative estimate of drug-likeness (QED) is 0.789. The van der Waals surface area contributed by atoms with Gasteiger partial charge in [-0.15, -0.1) is 0 Å². The number of benzene rings is 1. The number of hydrogen-bond acceptors (Lipinski definition) is 6. The van der Waals surface area contributed by atoms with Crippen molar-refractivity contribution >= 4 is 5.97 Å². The van der Waals surface area contributed by atoms with Crippen molar-refractivity contribution in [1.29, 1.82) is 0 Å². The number of ether oxygens (including phenoxy) is 5. The Bertz CT molecular complexity index is 521. The van der Waals surface area contributed by atoms with Crippen LogP contribution in [0.3, 0.4) is 0 Å². The number of hydrogen-bond donors (Lipinski definition) is 0. The molecule has 1 saturated heterocycles. The Hall–Kier alpha value is -1.95. The van der Waals surface area contributed by atoms with Crippen LogP contribution in [-0.4, -0.2) is 45.6 Å². The monoisotopic (exact) mass is 294 g/mol. The first-order valence-corrected chi connectivity index (χ1v) is 7.05. The highest BCUT2D eigenvalue weighted by atomic mass is 16.6. The molecule has 0 amide bonds. The van der Waals surface area contributed by atoms with Gasteiger partial charge < -0.3 is 23.7 Å². The standard InChI is InChI=1S/C15H18O6/c1-17-15(16)11-4-5-12(14-13(11)19-7-8-20-14)21-9-10-3-2-6-18-10/h4-5,10H,2-3,6-9H2,1H3. The molecular formula is C15H18O6. The third kappa shape index (κ3) is 2.90. The summed E-state index contributed by atoms with van der Waals surface area (Å²) >= 11 is 0. The zero-order valence-electron chi connectivity index (χ0n) is 11.9. The van der Waals surface area contributed by atoms with Crippen molar-refractivity contribution in [3.63, 3.8) is 0 Å². The second kappa shape index (κ2) is 6.22. The number of carbonyl (C=O) groups excluding carboxylic acids is 1. The molecule has 0 N–H and O–H groups in total. The van der Waals surface area contributed by atoms with Crippen molar-refractivity contribution in [2.45, 2.75) is 18.9 Å². The van der Waals surface area contributed by atoms with Gasteiger partial charge in [0.1, 0.15) is 25.4 Å². The number of esters is 1. The highest BCUT2D eigenvalue weighted by molar-refractivity contribution is 5.94. The van der Waals surface area contributed by atoms with Gasteiger partial charge in [0.25, 0.3) is 0 Å². The van der Waals surface area contributed by atoms with Crippen molar-refractivity contribution in [1.82, 2.24) is 0 Å². The molecule has 1 fully saturated rings. The topological polar surface area (TPSA) is 63.2 Å². The Kier molecular flexibility index (Phi) is 4.15. The van der Waals surface area contributed by atoms with E-state index in [1.165, 1.54) is 7.11 Å². The molecule has 0 saturated carbocycles. The highest BCUT2D eigenvalue weighted by Crippen LogP contribution is 2.42. The number of carbonyl (C=O) groups is 1. The van der Waals surface area contributed by atoms with E-state index in [9.17, 15) is 4.79 Å². The second-order valence-corrected chi connectivity index (χ2v) is 4.90. The van der Waals surface area contributed by atoms with Gasteiger partial charge in [-0.25, -0.2) is 4.79 Å². The normalized spacial score (nSPS) is 20.1. The van der Waals surface area contributed by atoms with Crippen LogP contribution in [0.5, 0.6) is 17.2 Å². The first-order valence-electron chi connectivity index (χ1n) is 7.05. The lowest BCUT2D eigenvalue weighted by Crippen LogP contribution is -2.21. The van der Waals surface area contributed by atoms with Crippen molar-refractivity contribution in [2.24, 2.45) is 0 Å². The average Bonchev–Trinajstić information content (AvgIpc) is 3.05. The van der Waals surface area contributed by atoms with Crippen LogP contribution in [0.25, 0.3) is 0 Å². The predicted molar refractivity (Wildman–Crippen MR) is 73.2 cm³/mol. The zero-order chi connectivity index (χ0) is 14.7. The van der Waals surface area contributed by atoms with Gasteiger partial charge in [-0.3, -0.25) is 0 Å². The van der Waals surface area contributed by atoms with E-state index in [2.05, 4.69) is 0 Å². The molecule has 6 heteroatoms. The number of rotatable bonds is 4. The van der Waals surface area contributed by atoms with Gasteiger partial charge in [-0.05, 0) is 25.0 Å². The van der Waals surface area contributed by atoms with E-state index in [0.29, 0.717) is 42.6 Å². The summed E-state index contributed by atoms with van der Waals surface area (Å²) in [5.41, 5.74) is 0.344. The van der Waals surface area contributed by atoms with E-state index < -0.39 is 5.97 Å². The van der Waals surface area contributed by atoms with Crippen LogP contribution in [0.1, 0.15) is 23.2 Å². The molecule has 1 atom stereocenters. The third-order valence-corrected chi connectivity index (χ3v) is 3.51. The lowest BCUT2D eigenvalue weighted by Gasteiger charge is -2.23. The molecule has 1 unspecified atom stereocenters. The summed E-state index contributed by atoms with van der Waals surface area (Å²) in [5, 5.41) is 0.